The second-order valence-electron chi connectivity index (χ2n) is 4.97. The van der Waals surface area contributed by atoms with E-state index in [4.69, 9.17) is 21.1 Å². The fourth-order valence-corrected chi connectivity index (χ4v) is 2.51. The van der Waals surface area contributed by atoms with Gasteiger partial charge in [-0.3, -0.25) is 0 Å². The summed E-state index contributed by atoms with van der Waals surface area (Å²) >= 11 is 6.27. The molecule has 0 bridgehead atoms. The predicted molar refractivity (Wildman–Crippen MR) is 85.3 cm³/mol. The second kappa shape index (κ2) is 6.37. The molecule has 3 rings (SSSR count). The standard InChI is InChI=1S/C17H18ClNO2/c1-2-20-16-8-7-12(14-5-3-4-6-15(14)18)9-17(16)21-13-10-19-11-13/h3-9,13,19H,2,10-11H2,1H3. The fraction of sp³-hybridized carbons (Fsp3) is 0.294. The first-order valence-corrected chi connectivity index (χ1v) is 7.55. The van der Waals surface area contributed by atoms with Crippen LogP contribution in [-0.2, 0) is 0 Å². The van der Waals surface area contributed by atoms with E-state index in [0.717, 1.165) is 40.7 Å². The number of benzene rings is 2. The lowest BCUT2D eigenvalue weighted by atomic mass is 10.0. The summed E-state index contributed by atoms with van der Waals surface area (Å²) in [4.78, 5) is 0. The summed E-state index contributed by atoms with van der Waals surface area (Å²) in [7, 11) is 0. The third-order valence-electron chi connectivity index (χ3n) is 3.47. The summed E-state index contributed by atoms with van der Waals surface area (Å²) in [6, 6.07) is 13.8. The van der Waals surface area contributed by atoms with Crippen molar-refractivity contribution in [2.45, 2.75) is 13.0 Å². The number of halogens is 1. The Bertz CT molecular complexity index is 626. The smallest absolute Gasteiger partial charge is 0.162 e. The molecular formula is C17H18ClNO2. The summed E-state index contributed by atoms with van der Waals surface area (Å²) in [6.45, 7) is 4.34. The molecule has 21 heavy (non-hydrogen) atoms. The first-order valence-electron chi connectivity index (χ1n) is 7.17. The van der Waals surface area contributed by atoms with Gasteiger partial charge in [0.15, 0.2) is 11.5 Å². The van der Waals surface area contributed by atoms with E-state index < -0.39 is 0 Å². The van der Waals surface area contributed by atoms with E-state index in [9.17, 15) is 0 Å². The molecule has 0 radical (unpaired) electrons. The van der Waals surface area contributed by atoms with Gasteiger partial charge in [-0.2, -0.15) is 0 Å². The molecule has 1 fully saturated rings. The molecule has 110 valence electrons. The maximum absolute atomic E-state index is 6.27. The molecule has 1 aliphatic rings. The number of hydrogen-bond donors (Lipinski definition) is 1. The SMILES string of the molecule is CCOc1ccc(-c2ccccc2Cl)cc1OC1CNC1. The van der Waals surface area contributed by atoms with E-state index in [0.29, 0.717) is 6.61 Å². The molecule has 1 heterocycles. The number of ether oxygens (including phenoxy) is 2. The zero-order valence-electron chi connectivity index (χ0n) is 11.9. The predicted octanol–water partition coefficient (Wildman–Crippen LogP) is 3.76. The first-order chi connectivity index (χ1) is 10.3. The van der Waals surface area contributed by atoms with Crippen LogP contribution >= 0.6 is 11.6 Å². The molecule has 0 saturated carbocycles. The van der Waals surface area contributed by atoms with Crippen LogP contribution in [0.4, 0.5) is 0 Å². The third-order valence-corrected chi connectivity index (χ3v) is 3.80. The maximum Gasteiger partial charge on any atom is 0.162 e. The molecule has 1 N–H and O–H groups in total. The van der Waals surface area contributed by atoms with Crippen LogP contribution in [-0.4, -0.2) is 25.8 Å². The van der Waals surface area contributed by atoms with Crippen molar-refractivity contribution in [2.75, 3.05) is 19.7 Å². The largest absolute Gasteiger partial charge is 0.490 e. The van der Waals surface area contributed by atoms with Crippen LogP contribution in [0.25, 0.3) is 11.1 Å². The molecule has 0 amide bonds. The second-order valence-corrected chi connectivity index (χ2v) is 5.38. The van der Waals surface area contributed by atoms with Gasteiger partial charge in [0.25, 0.3) is 0 Å². The molecule has 0 atom stereocenters. The van der Waals surface area contributed by atoms with Gasteiger partial charge >= 0.3 is 0 Å². The minimum Gasteiger partial charge on any atom is -0.490 e. The summed E-state index contributed by atoms with van der Waals surface area (Å²) in [6.07, 6.45) is 0.214. The molecule has 2 aromatic rings. The summed E-state index contributed by atoms with van der Waals surface area (Å²) < 4.78 is 11.7. The number of nitrogens with one attached hydrogen (secondary N) is 1. The average Bonchev–Trinajstić information content (AvgIpc) is 2.45. The van der Waals surface area contributed by atoms with Crippen molar-refractivity contribution in [1.29, 1.82) is 0 Å². The third kappa shape index (κ3) is 3.14. The Morgan fingerprint density at radius 3 is 2.62 bits per heavy atom. The fourth-order valence-electron chi connectivity index (χ4n) is 2.26. The average molecular weight is 304 g/mol. The topological polar surface area (TPSA) is 30.5 Å². The Kier molecular flexibility index (Phi) is 4.32. The zero-order valence-corrected chi connectivity index (χ0v) is 12.7. The Labute approximate surface area is 129 Å². The van der Waals surface area contributed by atoms with E-state index in [1.807, 2.05) is 49.4 Å². The van der Waals surface area contributed by atoms with Crippen LogP contribution in [0.3, 0.4) is 0 Å². The minimum absolute atomic E-state index is 0.214. The molecule has 3 nitrogen and oxygen atoms in total. The Hall–Kier alpha value is -1.71. The normalized spacial score (nSPS) is 14.6. The lowest BCUT2D eigenvalue weighted by molar-refractivity contribution is 0.136. The van der Waals surface area contributed by atoms with Gasteiger partial charge < -0.3 is 14.8 Å². The van der Waals surface area contributed by atoms with E-state index in [2.05, 4.69) is 5.32 Å². The highest BCUT2D eigenvalue weighted by molar-refractivity contribution is 6.33. The van der Waals surface area contributed by atoms with Gasteiger partial charge in [-0.15, -0.1) is 0 Å². The van der Waals surface area contributed by atoms with E-state index >= 15 is 0 Å². The van der Waals surface area contributed by atoms with Gasteiger partial charge in [0.05, 0.1) is 6.61 Å². The quantitative estimate of drug-likeness (QED) is 0.912. The maximum atomic E-state index is 6.27. The van der Waals surface area contributed by atoms with Gasteiger partial charge in [0.2, 0.25) is 0 Å². The highest BCUT2D eigenvalue weighted by Crippen LogP contribution is 2.36. The van der Waals surface area contributed by atoms with Crippen molar-refractivity contribution in [3.63, 3.8) is 0 Å². The first kappa shape index (κ1) is 14.2. The van der Waals surface area contributed by atoms with Crippen molar-refractivity contribution in [1.82, 2.24) is 5.32 Å². The number of hydrogen-bond acceptors (Lipinski definition) is 3. The summed E-state index contributed by atoms with van der Waals surface area (Å²) in [5.41, 5.74) is 2.03. The molecule has 0 aliphatic carbocycles. The lowest BCUT2D eigenvalue weighted by Crippen LogP contribution is -2.50. The van der Waals surface area contributed by atoms with Crippen LogP contribution in [0.15, 0.2) is 42.5 Å². The molecule has 0 unspecified atom stereocenters. The summed E-state index contributed by atoms with van der Waals surface area (Å²) in [5, 5.41) is 3.94. The van der Waals surface area contributed by atoms with Crippen LogP contribution in [0, 0.1) is 0 Å². The molecule has 4 heteroatoms. The number of rotatable bonds is 5. The van der Waals surface area contributed by atoms with E-state index in [-0.39, 0.29) is 6.10 Å². The van der Waals surface area contributed by atoms with Crippen LogP contribution < -0.4 is 14.8 Å². The molecule has 2 aromatic carbocycles. The monoisotopic (exact) mass is 303 g/mol. The van der Waals surface area contributed by atoms with Crippen LogP contribution in [0.2, 0.25) is 5.02 Å². The highest BCUT2D eigenvalue weighted by atomic mass is 35.5. The Morgan fingerprint density at radius 1 is 1.14 bits per heavy atom. The van der Waals surface area contributed by atoms with Gasteiger partial charge in [-0.1, -0.05) is 35.9 Å². The van der Waals surface area contributed by atoms with E-state index in [1.54, 1.807) is 0 Å². The van der Waals surface area contributed by atoms with Gasteiger partial charge in [0, 0.05) is 23.7 Å². The molecular weight excluding hydrogens is 286 g/mol. The molecule has 0 spiro atoms. The van der Waals surface area contributed by atoms with Gasteiger partial charge in [-0.05, 0) is 30.7 Å². The molecule has 1 aliphatic heterocycles. The van der Waals surface area contributed by atoms with Crippen molar-refractivity contribution in [3.05, 3.63) is 47.5 Å². The molecule has 1 saturated heterocycles. The lowest BCUT2D eigenvalue weighted by Gasteiger charge is -2.28. The molecule has 0 aromatic heterocycles. The Morgan fingerprint density at radius 2 is 1.95 bits per heavy atom. The van der Waals surface area contributed by atoms with Crippen molar-refractivity contribution < 1.29 is 9.47 Å². The van der Waals surface area contributed by atoms with Crippen molar-refractivity contribution in [3.8, 4) is 22.6 Å². The van der Waals surface area contributed by atoms with Crippen LogP contribution in [0.5, 0.6) is 11.5 Å². The van der Waals surface area contributed by atoms with Gasteiger partial charge in [-0.25, -0.2) is 0 Å². The van der Waals surface area contributed by atoms with Crippen LogP contribution in [0.1, 0.15) is 6.92 Å². The highest BCUT2D eigenvalue weighted by Gasteiger charge is 2.20. The minimum atomic E-state index is 0.214. The van der Waals surface area contributed by atoms with Gasteiger partial charge in [0.1, 0.15) is 6.10 Å². The summed E-state index contributed by atoms with van der Waals surface area (Å²) in [5.74, 6) is 1.56. The zero-order chi connectivity index (χ0) is 14.7. The van der Waals surface area contributed by atoms with E-state index in [1.165, 1.54) is 0 Å². The van der Waals surface area contributed by atoms with Crippen molar-refractivity contribution in [2.24, 2.45) is 0 Å². The van der Waals surface area contributed by atoms with Crippen molar-refractivity contribution >= 4 is 11.6 Å². The Balaban J connectivity index is 1.95.